The molecule has 3 heteroatoms. The van der Waals surface area contributed by atoms with Crippen molar-refractivity contribution in [1.29, 1.82) is 0 Å². The van der Waals surface area contributed by atoms with Crippen LogP contribution in [0.25, 0.3) is 0 Å². The molecule has 0 aliphatic heterocycles. The van der Waals surface area contributed by atoms with Crippen molar-refractivity contribution in [2.24, 2.45) is 0 Å². The Balaban J connectivity index is 1.79. The quantitative estimate of drug-likeness (QED) is 0.482. The van der Waals surface area contributed by atoms with Crippen LogP contribution in [-0.2, 0) is 17.6 Å². The van der Waals surface area contributed by atoms with Gasteiger partial charge in [0.25, 0.3) is 0 Å². The highest BCUT2D eigenvalue weighted by molar-refractivity contribution is 7.99. The summed E-state index contributed by atoms with van der Waals surface area (Å²) in [5, 5.41) is 0. The zero-order valence-corrected chi connectivity index (χ0v) is 16.2. The van der Waals surface area contributed by atoms with Gasteiger partial charge in [-0.2, -0.15) is 0 Å². The maximum atomic E-state index is 12.2. The van der Waals surface area contributed by atoms with Crippen LogP contribution in [0.5, 0.6) is 0 Å². The number of carbonyl (C=O) groups is 1. The van der Waals surface area contributed by atoms with E-state index in [0.717, 1.165) is 24.3 Å². The van der Waals surface area contributed by atoms with E-state index in [9.17, 15) is 4.79 Å². The summed E-state index contributed by atoms with van der Waals surface area (Å²) in [7, 11) is 0. The highest BCUT2D eigenvalue weighted by Crippen LogP contribution is 2.21. The van der Waals surface area contributed by atoms with Crippen LogP contribution in [0.3, 0.4) is 0 Å². The lowest BCUT2D eigenvalue weighted by Gasteiger charge is -2.06. The molecule has 0 aromatic heterocycles. The molecule has 1 nitrogen and oxygen atoms in total. The predicted octanol–water partition coefficient (Wildman–Crippen LogP) is 6.05. The van der Waals surface area contributed by atoms with Gasteiger partial charge in [0.1, 0.15) is 5.78 Å². The molecule has 2 rings (SSSR count). The topological polar surface area (TPSA) is 17.1 Å². The second-order valence-electron chi connectivity index (χ2n) is 5.70. The van der Waals surface area contributed by atoms with E-state index in [2.05, 4.69) is 62.4 Å². The summed E-state index contributed by atoms with van der Waals surface area (Å²) >= 11 is 3.70. The van der Waals surface area contributed by atoms with E-state index in [0.29, 0.717) is 18.6 Å². The van der Waals surface area contributed by atoms with Crippen LogP contribution >= 0.6 is 23.5 Å². The number of hydrogen-bond donors (Lipinski definition) is 0. The van der Waals surface area contributed by atoms with E-state index in [1.54, 1.807) is 0 Å². The van der Waals surface area contributed by atoms with Crippen molar-refractivity contribution in [2.45, 2.75) is 49.3 Å². The summed E-state index contributed by atoms with van der Waals surface area (Å²) in [5.41, 5.74) is 2.53. The molecular formula is C21H26OS2. The fourth-order valence-corrected chi connectivity index (χ4v) is 4.09. The van der Waals surface area contributed by atoms with Crippen molar-refractivity contribution in [3.8, 4) is 0 Å². The van der Waals surface area contributed by atoms with E-state index in [1.165, 1.54) is 20.9 Å². The molecule has 2 aromatic rings. The number of thioether (sulfide) groups is 2. The molecular weight excluding hydrogens is 332 g/mol. The fourth-order valence-electron chi connectivity index (χ4n) is 2.61. The first-order chi connectivity index (χ1) is 11.7. The second-order valence-corrected chi connectivity index (χ2v) is 8.37. The normalized spacial score (nSPS) is 10.8. The Morgan fingerprint density at radius 3 is 1.67 bits per heavy atom. The van der Waals surface area contributed by atoms with Crippen molar-refractivity contribution in [2.75, 3.05) is 11.5 Å². The van der Waals surface area contributed by atoms with Crippen LogP contribution < -0.4 is 0 Å². The average Bonchev–Trinajstić information content (AvgIpc) is 2.59. The number of Topliss-reactive ketones (excluding diaryl/α,β-unsaturated/α-hetero) is 1. The van der Waals surface area contributed by atoms with Crippen LogP contribution in [0.2, 0.25) is 0 Å². The number of aryl methyl sites for hydroxylation is 2. The van der Waals surface area contributed by atoms with Crippen LogP contribution in [0.4, 0.5) is 0 Å². The van der Waals surface area contributed by atoms with E-state index in [-0.39, 0.29) is 0 Å². The molecule has 0 heterocycles. The minimum Gasteiger partial charge on any atom is -0.300 e. The van der Waals surface area contributed by atoms with Crippen LogP contribution in [0.15, 0.2) is 58.3 Å². The Morgan fingerprint density at radius 1 is 0.792 bits per heavy atom. The lowest BCUT2D eigenvalue weighted by atomic mass is 10.0. The lowest BCUT2D eigenvalue weighted by Crippen LogP contribution is -2.02. The molecule has 128 valence electrons. The standard InChI is InChI=1S/C21H26OS2/c1-3-23-20-9-5-7-17(15-20)11-13-19(22)14-12-18-8-6-10-21(16-18)24-4-2/h5-10,15-16H,3-4,11-14H2,1-2H3. The molecule has 0 unspecified atom stereocenters. The molecule has 0 saturated carbocycles. The Kier molecular flexibility index (Phi) is 8.48. The largest absolute Gasteiger partial charge is 0.300 e. The summed E-state index contributed by atoms with van der Waals surface area (Å²) in [4.78, 5) is 14.8. The molecule has 0 radical (unpaired) electrons. The van der Waals surface area contributed by atoms with Gasteiger partial charge in [0.15, 0.2) is 0 Å². The Bertz CT molecular complexity index is 596. The SMILES string of the molecule is CCSc1cccc(CCC(=O)CCc2cccc(SCC)c2)c1. The van der Waals surface area contributed by atoms with Gasteiger partial charge in [-0.05, 0) is 59.7 Å². The summed E-state index contributed by atoms with van der Waals surface area (Å²) < 4.78 is 0. The van der Waals surface area contributed by atoms with Crippen molar-refractivity contribution < 1.29 is 4.79 Å². The number of benzene rings is 2. The van der Waals surface area contributed by atoms with Gasteiger partial charge in [0.05, 0.1) is 0 Å². The summed E-state index contributed by atoms with van der Waals surface area (Å²) in [6.45, 7) is 4.32. The maximum absolute atomic E-state index is 12.2. The first kappa shape index (κ1) is 19.1. The highest BCUT2D eigenvalue weighted by Gasteiger charge is 2.05. The van der Waals surface area contributed by atoms with Crippen molar-refractivity contribution in [3.05, 3.63) is 59.7 Å². The fraction of sp³-hybridized carbons (Fsp3) is 0.381. The third kappa shape index (κ3) is 6.74. The predicted molar refractivity (Wildman–Crippen MR) is 107 cm³/mol. The molecule has 24 heavy (non-hydrogen) atoms. The highest BCUT2D eigenvalue weighted by atomic mass is 32.2. The molecule has 0 atom stereocenters. The summed E-state index contributed by atoms with van der Waals surface area (Å²) in [6.07, 6.45) is 2.98. The Hall–Kier alpha value is -1.19. The molecule has 0 N–H and O–H groups in total. The van der Waals surface area contributed by atoms with Crippen LogP contribution in [-0.4, -0.2) is 17.3 Å². The number of carbonyl (C=O) groups excluding carboxylic acids is 1. The van der Waals surface area contributed by atoms with E-state index in [4.69, 9.17) is 0 Å². The van der Waals surface area contributed by atoms with Gasteiger partial charge in [-0.1, -0.05) is 38.1 Å². The third-order valence-electron chi connectivity index (χ3n) is 3.80. The number of ketones is 1. The molecule has 0 saturated heterocycles. The van der Waals surface area contributed by atoms with Gasteiger partial charge < -0.3 is 0 Å². The van der Waals surface area contributed by atoms with Gasteiger partial charge in [-0.3, -0.25) is 4.79 Å². The second kappa shape index (κ2) is 10.6. The zero-order valence-electron chi connectivity index (χ0n) is 14.6. The zero-order chi connectivity index (χ0) is 17.2. The minimum absolute atomic E-state index is 0.358. The third-order valence-corrected chi connectivity index (χ3v) is 5.56. The number of hydrogen-bond acceptors (Lipinski definition) is 3. The first-order valence-electron chi connectivity index (χ1n) is 8.66. The Labute approximate surface area is 154 Å². The first-order valence-corrected chi connectivity index (χ1v) is 10.6. The van der Waals surface area contributed by atoms with Crippen LogP contribution in [0, 0.1) is 0 Å². The van der Waals surface area contributed by atoms with E-state index >= 15 is 0 Å². The summed E-state index contributed by atoms with van der Waals surface area (Å²) in [6, 6.07) is 17.1. The maximum Gasteiger partial charge on any atom is 0.133 e. The smallest absolute Gasteiger partial charge is 0.133 e. The Morgan fingerprint density at radius 2 is 1.25 bits per heavy atom. The molecule has 0 aliphatic carbocycles. The average molecular weight is 359 g/mol. The van der Waals surface area contributed by atoms with Crippen molar-refractivity contribution in [3.63, 3.8) is 0 Å². The van der Waals surface area contributed by atoms with Crippen LogP contribution in [0.1, 0.15) is 37.8 Å². The van der Waals surface area contributed by atoms with Gasteiger partial charge in [0, 0.05) is 22.6 Å². The van der Waals surface area contributed by atoms with Gasteiger partial charge >= 0.3 is 0 Å². The van der Waals surface area contributed by atoms with Gasteiger partial charge in [0.2, 0.25) is 0 Å². The number of rotatable bonds is 10. The van der Waals surface area contributed by atoms with Crippen molar-refractivity contribution in [1.82, 2.24) is 0 Å². The van der Waals surface area contributed by atoms with E-state index < -0.39 is 0 Å². The lowest BCUT2D eigenvalue weighted by molar-refractivity contribution is -0.119. The van der Waals surface area contributed by atoms with E-state index in [1.807, 2.05) is 23.5 Å². The molecule has 0 spiro atoms. The van der Waals surface area contributed by atoms with Crippen molar-refractivity contribution >= 4 is 29.3 Å². The summed E-state index contributed by atoms with van der Waals surface area (Å²) in [5.74, 6) is 2.52. The molecule has 2 aromatic carbocycles. The molecule has 0 aliphatic rings. The molecule has 0 amide bonds. The monoisotopic (exact) mass is 358 g/mol. The van der Waals surface area contributed by atoms with Gasteiger partial charge in [-0.25, -0.2) is 0 Å². The minimum atomic E-state index is 0.358. The molecule has 0 bridgehead atoms. The van der Waals surface area contributed by atoms with Gasteiger partial charge in [-0.15, -0.1) is 23.5 Å². The molecule has 0 fully saturated rings.